The van der Waals surface area contributed by atoms with Crippen molar-refractivity contribution in [1.82, 2.24) is 9.97 Å². The summed E-state index contributed by atoms with van der Waals surface area (Å²) in [5.74, 6) is 1.98. The number of H-pyrrole nitrogens is 1. The maximum atomic E-state index is 12.2. The molecule has 2 aromatic carbocycles. The number of carbonyl (C=O) groups excluding carboxylic acids is 1. The molecule has 3 rings (SSSR count). The average molecular weight is 365 g/mol. The van der Waals surface area contributed by atoms with Gasteiger partial charge < -0.3 is 4.98 Å². The lowest BCUT2D eigenvalue weighted by molar-refractivity contribution is 0.102. The van der Waals surface area contributed by atoms with Crippen molar-refractivity contribution < 1.29 is 4.79 Å². The third-order valence-electron chi connectivity index (χ3n) is 3.44. The zero-order valence-electron chi connectivity index (χ0n) is 12.4. The Balaban J connectivity index is 1.61. The Hall–Kier alpha value is -1.49. The predicted octanol–water partition coefficient (Wildman–Crippen LogP) is 5.29. The molecule has 0 aliphatic carbocycles. The van der Waals surface area contributed by atoms with Crippen LogP contribution in [0.25, 0.3) is 11.0 Å². The van der Waals surface area contributed by atoms with Crippen LogP contribution in [0.5, 0.6) is 0 Å². The SMILES string of the molecule is Cc1cc(C(=O)CSCc2nc3ccc(Cl)cc3[nH]2)ccc1Cl. The fourth-order valence-corrected chi connectivity index (χ4v) is 3.32. The first-order valence-corrected chi connectivity index (χ1v) is 8.95. The Kier molecular flexibility index (Phi) is 4.95. The molecule has 0 atom stereocenters. The number of carbonyl (C=O) groups is 1. The van der Waals surface area contributed by atoms with Crippen LogP contribution in [0.15, 0.2) is 36.4 Å². The van der Waals surface area contributed by atoms with E-state index in [9.17, 15) is 4.79 Å². The first kappa shape index (κ1) is 16.4. The molecule has 0 aliphatic heterocycles. The molecule has 118 valence electrons. The highest BCUT2D eigenvalue weighted by molar-refractivity contribution is 7.99. The van der Waals surface area contributed by atoms with E-state index < -0.39 is 0 Å². The molecule has 6 heteroatoms. The Bertz CT molecular complexity index is 876. The molecule has 0 spiro atoms. The normalized spacial score (nSPS) is 11.1. The highest BCUT2D eigenvalue weighted by atomic mass is 35.5. The van der Waals surface area contributed by atoms with Crippen LogP contribution in [0.4, 0.5) is 0 Å². The number of Topliss-reactive ketones (excluding diaryl/α,β-unsaturated/α-hetero) is 1. The molecule has 3 nitrogen and oxygen atoms in total. The van der Waals surface area contributed by atoms with Gasteiger partial charge in [-0.15, -0.1) is 11.8 Å². The molecular weight excluding hydrogens is 351 g/mol. The summed E-state index contributed by atoms with van der Waals surface area (Å²) in [4.78, 5) is 19.9. The Labute approximate surface area is 148 Å². The van der Waals surface area contributed by atoms with Crippen LogP contribution in [0.1, 0.15) is 21.7 Å². The van der Waals surface area contributed by atoms with Gasteiger partial charge in [0.25, 0.3) is 0 Å². The van der Waals surface area contributed by atoms with Crippen molar-refractivity contribution in [3.63, 3.8) is 0 Å². The molecule has 0 amide bonds. The number of hydrogen-bond acceptors (Lipinski definition) is 3. The van der Waals surface area contributed by atoms with Gasteiger partial charge in [0.15, 0.2) is 5.78 Å². The van der Waals surface area contributed by atoms with E-state index in [0.717, 1.165) is 22.4 Å². The van der Waals surface area contributed by atoms with E-state index in [1.54, 1.807) is 12.1 Å². The van der Waals surface area contributed by atoms with Crippen LogP contribution in [-0.2, 0) is 5.75 Å². The number of rotatable bonds is 5. The highest BCUT2D eigenvalue weighted by Crippen LogP contribution is 2.21. The van der Waals surface area contributed by atoms with Crippen molar-refractivity contribution in [2.45, 2.75) is 12.7 Å². The summed E-state index contributed by atoms with van der Waals surface area (Å²) in [6.07, 6.45) is 0. The van der Waals surface area contributed by atoms with Crippen LogP contribution in [0.2, 0.25) is 10.0 Å². The van der Waals surface area contributed by atoms with Gasteiger partial charge in [-0.2, -0.15) is 0 Å². The number of benzene rings is 2. The highest BCUT2D eigenvalue weighted by Gasteiger charge is 2.09. The number of aryl methyl sites for hydroxylation is 1. The van der Waals surface area contributed by atoms with E-state index in [1.165, 1.54) is 11.8 Å². The summed E-state index contributed by atoms with van der Waals surface area (Å²) >= 11 is 13.5. The number of nitrogens with one attached hydrogen (secondary N) is 1. The van der Waals surface area contributed by atoms with Gasteiger partial charge in [-0.3, -0.25) is 4.79 Å². The lowest BCUT2D eigenvalue weighted by Gasteiger charge is -2.03. The molecule has 0 saturated carbocycles. The van der Waals surface area contributed by atoms with Gasteiger partial charge in [-0.05, 0) is 48.9 Å². The van der Waals surface area contributed by atoms with Gasteiger partial charge in [0.05, 0.1) is 22.5 Å². The zero-order valence-corrected chi connectivity index (χ0v) is 14.7. The van der Waals surface area contributed by atoms with Gasteiger partial charge in [0.2, 0.25) is 0 Å². The molecule has 1 aromatic heterocycles. The smallest absolute Gasteiger partial charge is 0.172 e. The van der Waals surface area contributed by atoms with Crippen molar-refractivity contribution >= 4 is 51.8 Å². The summed E-state index contributed by atoms with van der Waals surface area (Å²) in [7, 11) is 0. The van der Waals surface area contributed by atoms with Crippen LogP contribution in [-0.4, -0.2) is 21.5 Å². The summed E-state index contributed by atoms with van der Waals surface area (Å²) in [6, 6.07) is 10.9. The third kappa shape index (κ3) is 3.89. The molecule has 23 heavy (non-hydrogen) atoms. The van der Waals surface area contributed by atoms with Crippen molar-refractivity contribution in [1.29, 1.82) is 0 Å². The second kappa shape index (κ2) is 6.95. The van der Waals surface area contributed by atoms with E-state index >= 15 is 0 Å². The van der Waals surface area contributed by atoms with Crippen molar-refractivity contribution in [2.24, 2.45) is 0 Å². The zero-order chi connectivity index (χ0) is 16.4. The molecule has 1 heterocycles. The Morgan fingerprint density at radius 3 is 2.83 bits per heavy atom. The second-order valence-electron chi connectivity index (χ2n) is 5.22. The maximum Gasteiger partial charge on any atom is 0.172 e. The summed E-state index contributed by atoms with van der Waals surface area (Å²) in [6.45, 7) is 1.89. The van der Waals surface area contributed by atoms with Gasteiger partial charge >= 0.3 is 0 Å². The second-order valence-corrected chi connectivity index (χ2v) is 7.05. The quantitative estimate of drug-likeness (QED) is 0.625. The Morgan fingerprint density at radius 1 is 1.22 bits per heavy atom. The summed E-state index contributed by atoms with van der Waals surface area (Å²) in [5.41, 5.74) is 3.39. The minimum atomic E-state index is 0.0916. The molecule has 0 unspecified atom stereocenters. The first-order valence-electron chi connectivity index (χ1n) is 7.04. The number of thioether (sulfide) groups is 1. The minimum Gasteiger partial charge on any atom is -0.341 e. The van der Waals surface area contributed by atoms with E-state index in [0.29, 0.717) is 27.1 Å². The van der Waals surface area contributed by atoms with Crippen molar-refractivity contribution in [2.75, 3.05) is 5.75 Å². The number of ketones is 1. The Morgan fingerprint density at radius 2 is 2.04 bits per heavy atom. The number of hydrogen-bond donors (Lipinski definition) is 1. The summed E-state index contributed by atoms with van der Waals surface area (Å²) in [5, 5.41) is 1.35. The number of nitrogens with zero attached hydrogens (tertiary/aromatic N) is 1. The van der Waals surface area contributed by atoms with Crippen LogP contribution in [0.3, 0.4) is 0 Å². The topological polar surface area (TPSA) is 45.8 Å². The largest absolute Gasteiger partial charge is 0.341 e. The molecule has 0 aliphatic rings. The van der Waals surface area contributed by atoms with E-state index in [4.69, 9.17) is 23.2 Å². The number of imidazole rings is 1. The molecule has 0 radical (unpaired) electrons. The fourth-order valence-electron chi connectivity index (χ4n) is 2.24. The minimum absolute atomic E-state index is 0.0916. The van der Waals surface area contributed by atoms with Crippen molar-refractivity contribution in [3.05, 3.63) is 63.4 Å². The fraction of sp³-hybridized carbons (Fsp3) is 0.176. The average Bonchev–Trinajstić information content (AvgIpc) is 2.91. The maximum absolute atomic E-state index is 12.2. The standard InChI is InChI=1S/C17H14Cl2N2OS/c1-10-6-11(2-4-13(10)19)16(22)8-23-9-17-20-14-5-3-12(18)7-15(14)21-17/h2-7H,8-9H2,1H3,(H,20,21). The number of aromatic amines is 1. The number of aromatic nitrogens is 2. The molecule has 3 aromatic rings. The molecule has 0 bridgehead atoms. The van der Waals surface area contributed by atoms with Crippen molar-refractivity contribution in [3.8, 4) is 0 Å². The predicted molar refractivity (Wildman–Crippen MR) is 97.8 cm³/mol. The van der Waals surface area contributed by atoms with Gasteiger partial charge in [-0.1, -0.05) is 23.2 Å². The van der Waals surface area contributed by atoms with Gasteiger partial charge in [0, 0.05) is 15.6 Å². The lowest BCUT2D eigenvalue weighted by atomic mass is 10.1. The van der Waals surface area contributed by atoms with Gasteiger partial charge in [0.1, 0.15) is 5.82 Å². The van der Waals surface area contributed by atoms with E-state index in [2.05, 4.69) is 9.97 Å². The van der Waals surface area contributed by atoms with Gasteiger partial charge in [-0.25, -0.2) is 4.98 Å². The van der Waals surface area contributed by atoms with Crippen LogP contribution < -0.4 is 0 Å². The van der Waals surface area contributed by atoms with E-state index in [1.807, 2.05) is 31.2 Å². The number of halogens is 2. The molecule has 0 saturated heterocycles. The number of fused-ring (bicyclic) bond motifs is 1. The molecular formula is C17H14Cl2N2OS. The van der Waals surface area contributed by atoms with E-state index in [-0.39, 0.29) is 5.78 Å². The van der Waals surface area contributed by atoms with Crippen LogP contribution in [0, 0.1) is 6.92 Å². The summed E-state index contributed by atoms with van der Waals surface area (Å²) < 4.78 is 0. The van der Waals surface area contributed by atoms with Crippen LogP contribution >= 0.6 is 35.0 Å². The molecule has 0 fully saturated rings. The monoisotopic (exact) mass is 364 g/mol. The molecule has 1 N–H and O–H groups in total. The third-order valence-corrected chi connectivity index (χ3v) is 5.05. The first-order chi connectivity index (χ1) is 11.0. The lowest BCUT2D eigenvalue weighted by Crippen LogP contribution is -2.03.